The van der Waals surface area contributed by atoms with E-state index < -0.39 is 50.9 Å². The molecule has 1 atom stereocenters. The van der Waals surface area contributed by atoms with Crippen LogP contribution in [0.5, 0.6) is 17.2 Å². The molecule has 9 nitrogen and oxygen atoms in total. The van der Waals surface area contributed by atoms with Gasteiger partial charge in [0.05, 0.1) is 27.5 Å². The highest BCUT2D eigenvalue weighted by molar-refractivity contribution is 6.37. The van der Waals surface area contributed by atoms with E-state index in [2.05, 4.69) is 0 Å². The summed E-state index contributed by atoms with van der Waals surface area (Å²) in [5.74, 6) is -2.73. The van der Waals surface area contributed by atoms with E-state index in [-0.39, 0.29) is 17.2 Å². The lowest BCUT2D eigenvalue weighted by Gasteiger charge is -2.22. The first-order valence-electron chi connectivity index (χ1n) is 10.9. The van der Waals surface area contributed by atoms with Crippen molar-refractivity contribution in [1.82, 2.24) is 0 Å². The molecule has 1 amide bonds. The minimum Gasteiger partial charge on any atom is -0.454 e. The van der Waals surface area contributed by atoms with Crippen molar-refractivity contribution in [3.63, 3.8) is 0 Å². The van der Waals surface area contributed by atoms with E-state index in [4.69, 9.17) is 37.4 Å². The number of carbonyl (C=O) groups is 2. The lowest BCUT2D eigenvalue weighted by atomic mass is 10.2. The molecule has 3 rings (SSSR count). The Balaban J connectivity index is 1.74. The van der Waals surface area contributed by atoms with Crippen LogP contribution in [0.3, 0.4) is 0 Å². The van der Waals surface area contributed by atoms with Crippen LogP contribution in [0.15, 0.2) is 66.7 Å². The summed E-state index contributed by atoms with van der Waals surface area (Å²) in [5.41, 5.74) is -3.35. The third-order valence-corrected chi connectivity index (χ3v) is 5.80. The number of alkyl halides is 3. The highest BCUT2D eigenvalue weighted by atomic mass is 35.5. The number of para-hydroxylation sites is 1. The van der Waals surface area contributed by atoms with E-state index in [0.717, 1.165) is 13.0 Å². The monoisotopic (exact) mass is 586 g/mol. The summed E-state index contributed by atoms with van der Waals surface area (Å²) in [4.78, 5) is 37.0. The number of halogens is 5. The van der Waals surface area contributed by atoms with Gasteiger partial charge in [-0.05, 0) is 36.4 Å². The number of likely N-dealkylation sites (N-methyl/N-ethyl adjacent to an activating group) is 1. The summed E-state index contributed by atoms with van der Waals surface area (Å²) in [5, 5.41) is 10.9. The summed E-state index contributed by atoms with van der Waals surface area (Å²) in [6, 6.07) is 14.7. The summed E-state index contributed by atoms with van der Waals surface area (Å²) in [7, 11) is 1.44. The summed E-state index contributed by atoms with van der Waals surface area (Å²) < 4.78 is 54.6. The van der Waals surface area contributed by atoms with Gasteiger partial charge in [0.25, 0.3) is 5.91 Å². The van der Waals surface area contributed by atoms with Crippen molar-refractivity contribution in [2.24, 2.45) is 0 Å². The van der Waals surface area contributed by atoms with Crippen molar-refractivity contribution in [2.45, 2.75) is 18.8 Å². The maximum Gasteiger partial charge on any atom is 0.458 e. The first-order valence-corrected chi connectivity index (χ1v) is 11.6. The van der Waals surface area contributed by atoms with E-state index in [1.807, 2.05) is 0 Å². The molecule has 206 valence electrons. The van der Waals surface area contributed by atoms with Crippen molar-refractivity contribution in [2.75, 3.05) is 18.6 Å². The third-order valence-electron chi connectivity index (χ3n) is 5.24. The van der Waals surface area contributed by atoms with Gasteiger partial charge in [0.1, 0.15) is 11.5 Å². The molecule has 3 aromatic rings. The second-order valence-corrected chi connectivity index (χ2v) is 8.86. The van der Waals surface area contributed by atoms with Gasteiger partial charge in [-0.2, -0.15) is 13.2 Å². The number of amides is 1. The van der Waals surface area contributed by atoms with Gasteiger partial charge in [-0.1, -0.05) is 47.5 Å². The van der Waals surface area contributed by atoms with Crippen LogP contribution in [0.4, 0.5) is 18.9 Å². The normalized spacial score (nSPS) is 12.7. The molecule has 0 spiro atoms. The molecule has 0 saturated carbocycles. The standard InChI is InChI=1S/C25H19Cl2F3N2O7/c1-24(32(35)36,23(34)37-14-21(33)31(2)16-7-4-3-5-8-16)39-18-10-6-9-17(13-18)38-22-19(26)11-15(12-20(22)27)25(28,29)30/h3-13H,14H2,1-2H3. The zero-order valence-corrected chi connectivity index (χ0v) is 21.7. The molecule has 0 bridgehead atoms. The molecular formula is C25H19Cl2F3N2O7. The number of benzene rings is 3. The molecule has 0 aromatic heterocycles. The van der Waals surface area contributed by atoms with Gasteiger partial charge in [-0.3, -0.25) is 14.9 Å². The fourth-order valence-corrected chi connectivity index (χ4v) is 3.64. The van der Waals surface area contributed by atoms with Crippen molar-refractivity contribution in [1.29, 1.82) is 0 Å². The molecule has 0 N–H and O–H groups in total. The Hall–Kier alpha value is -4.03. The highest BCUT2D eigenvalue weighted by Gasteiger charge is 2.51. The van der Waals surface area contributed by atoms with E-state index in [1.165, 1.54) is 30.1 Å². The van der Waals surface area contributed by atoms with Gasteiger partial charge in [0, 0.05) is 18.8 Å². The highest BCUT2D eigenvalue weighted by Crippen LogP contribution is 2.42. The molecule has 1 unspecified atom stereocenters. The molecule has 0 aliphatic carbocycles. The maximum absolute atomic E-state index is 13.0. The van der Waals surface area contributed by atoms with Crippen molar-refractivity contribution >= 4 is 40.8 Å². The van der Waals surface area contributed by atoms with Crippen molar-refractivity contribution in [3.05, 3.63) is 92.5 Å². The summed E-state index contributed by atoms with van der Waals surface area (Å²) >= 11 is 11.8. The van der Waals surface area contributed by atoms with Gasteiger partial charge in [-0.25, -0.2) is 4.79 Å². The van der Waals surface area contributed by atoms with Gasteiger partial charge in [-0.15, -0.1) is 0 Å². The molecule has 14 heteroatoms. The Morgan fingerprint density at radius 1 is 0.974 bits per heavy atom. The summed E-state index contributed by atoms with van der Waals surface area (Å²) in [6.07, 6.45) is -4.69. The van der Waals surface area contributed by atoms with Crippen LogP contribution in [-0.2, 0) is 20.5 Å². The molecular weight excluding hydrogens is 568 g/mol. The molecule has 0 aliphatic rings. The maximum atomic E-state index is 13.0. The fraction of sp³-hybridized carbons (Fsp3) is 0.200. The molecule has 3 aromatic carbocycles. The number of carbonyl (C=O) groups excluding carboxylic acids is 2. The Bertz CT molecular complexity index is 1370. The molecule has 0 fully saturated rings. The smallest absolute Gasteiger partial charge is 0.454 e. The summed E-state index contributed by atoms with van der Waals surface area (Å²) in [6.45, 7) is 0.0307. The SMILES string of the molecule is CN(C(=O)COC(=O)C(C)(Oc1cccc(Oc2c(Cl)cc(C(F)(F)F)cc2Cl)c1)[N+](=O)[O-])c1ccccc1. The number of hydrogen-bond donors (Lipinski definition) is 0. The topological polar surface area (TPSA) is 108 Å². The minimum atomic E-state index is -4.69. The second-order valence-electron chi connectivity index (χ2n) is 8.05. The van der Waals surface area contributed by atoms with Gasteiger partial charge in [0.2, 0.25) is 0 Å². The minimum absolute atomic E-state index is 0.0743. The van der Waals surface area contributed by atoms with Crippen LogP contribution in [0, 0.1) is 10.1 Å². The zero-order valence-electron chi connectivity index (χ0n) is 20.2. The number of nitro groups is 1. The fourth-order valence-electron chi connectivity index (χ4n) is 3.08. The zero-order chi connectivity index (χ0) is 29.0. The lowest BCUT2D eigenvalue weighted by Crippen LogP contribution is -2.50. The van der Waals surface area contributed by atoms with E-state index in [1.54, 1.807) is 30.3 Å². The largest absolute Gasteiger partial charge is 0.458 e. The molecule has 0 aliphatic heterocycles. The number of anilines is 1. The van der Waals surface area contributed by atoms with Gasteiger partial charge < -0.3 is 19.1 Å². The predicted molar refractivity (Wildman–Crippen MR) is 135 cm³/mol. The van der Waals surface area contributed by atoms with Crippen LogP contribution in [0.2, 0.25) is 10.0 Å². The number of rotatable bonds is 9. The number of nitrogens with zero attached hydrogens (tertiary/aromatic N) is 2. The Labute approximate surface area is 229 Å². The quantitative estimate of drug-likeness (QED) is 0.124. The first-order chi connectivity index (χ1) is 18.2. The van der Waals surface area contributed by atoms with Crippen LogP contribution in [-0.4, -0.2) is 36.2 Å². The van der Waals surface area contributed by atoms with Crippen LogP contribution in [0.25, 0.3) is 0 Å². The Morgan fingerprint density at radius 2 is 1.56 bits per heavy atom. The second kappa shape index (κ2) is 11.8. The van der Waals surface area contributed by atoms with E-state index in [9.17, 15) is 32.9 Å². The van der Waals surface area contributed by atoms with Gasteiger partial charge in [0.15, 0.2) is 12.4 Å². The predicted octanol–water partition coefficient (Wildman–Crippen LogP) is 6.38. The van der Waals surface area contributed by atoms with Crippen LogP contribution < -0.4 is 14.4 Å². The number of esters is 1. The molecule has 0 radical (unpaired) electrons. The average Bonchev–Trinajstić information content (AvgIpc) is 2.88. The first kappa shape index (κ1) is 29.5. The number of ether oxygens (including phenoxy) is 3. The van der Waals surface area contributed by atoms with Crippen LogP contribution >= 0.6 is 23.2 Å². The van der Waals surface area contributed by atoms with Crippen LogP contribution in [0.1, 0.15) is 12.5 Å². The number of hydrogen-bond acceptors (Lipinski definition) is 7. The van der Waals surface area contributed by atoms with Crippen molar-refractivity contribution < 1.29 is 41.9 Å². The molecule has 39 heavy (non-hydrogen) atoms. The Kier molecular flexibility index (Phi) is 8.92. The average molecular weight is 587 g/mol. The molecule has 0 heterocycles. The third kappa shape index (κ3) is 7.09. The Morgan fingerprint density at radius 3 is 2.13 bits per heavy atom. The van der Waals surface area contributed by atoms with E-state index in [0.29, 0.717) is 17.8 Å². The van der Waals surface area contributed by atoms with Crippen molar-refractivity contribution in [3.8, 4) is 17.2 Å². The van der Waals surface area contributed by atoms with E-state index >= 15 is 0 Å². The molecule has 0 saturated heterocycles. The van der Waals surface area contributed by atoms with Gasteiger partial charge >= 0.3 is 17.9 Å². The lowest BCUT2D eigenvalue weighted by molar-refractivity contribution is -0.593.